The van der Waals surface area contributed by atoms with Gasteiger partial charge in [0.25, 0.3) is 0 Å². The fraction of sp³-hybridized carbons (Fsp3) is 0.438. The van der Waals surface area contributed by atoms with Gasteiger partial charge >= 0.3 is 5.97 Å². The van der Waals surface area contributed by atoms with Gasteiger partial charge < -0.3 is 5.11 Å². The highest BCUT2D eigenvalue weighted by Crippen LogP contribution is 2.25. The van der Waals surface area contributed by atoms with Crippen LogP contribution in [0.15, 0.2) is 42.0 Å². The van der Waals surface area contributed by atoms with Crippen LogP contribution >= 0.6 is 0 Å². The third-order valence-electron chi connectivity index (χ3n) is 3.55. The zero-order chi connectivity index (χ0) is 12.8. The van der Waals surface area contributed by atoms with Gasteiger partial charge in [0.15, 0.2) is 0 Å². The molecule has 0 amide bonds. The standard InChI is InChI=1S/C16H20O2/c17-16(18)15(11-13-7-3-1-4-8-13)12-14-9-5-2-6-10-14/h1,3-4,7-8,12,15H,2,5-6,9-11H2,(H,17,18)/t15-/m1/s1. The number of aliphatic carboxylic acids is 1. The molecule has 2 rings (SSSR count). The van der Waals surface area contributed by atoms with Crippen molar-refractivity contribution in [1.82, 2.24) is 0 Å². The summed E-state index contributed by atoms with van der Waals surface area (Å²) in [5.41, 5.74) is 2.43. The predicted octanol–water partition coefficient (Wildman–Crippen LogP) is 3.82. The number of carboxylic acids is 1. The van der Waals surface area contributed by atoms with E-state index in [2.05, 4.69) is 0 Å². The van der Waals surface area contributed by atoms with E-state index in [0.29, 0.717) is 6.42 Å². The van der Waals surface area contributed by atoms with Crippen LogP contribution in [0, 0.1) is 5.92 Å². The van der Waals surface area contributed by atoms with E-state index >= 15 is 0 Å². The summed E-state index contributed by atoms with van der Waals surface area (Å²) in [5.74, 6) is -1.09. The molecule has 18 heavy (non-hydrogen) atoms. The lowest BCUT2D eigenvalue weighted by Crippen LogP contribution is -2.15. The van der Waals surface area contributed by atoms with Crippen LogP contribution < -0.4 is 0 Å². The maximum Gasteiger partial charge on any atom is 0.310 e. The molecule has 1 fully saturated rings. The summed E-state index contributed by atoms with van der Waals surface area (Å²) < 4.78 is 0. The van der Waals surface area contributed by atoms with E-state index < -0.39 is 5.97 Å². The Morgan fingerprint density at radius 2 is 1.83 bits per heavy atom. The lowest BCUT2D eigenvalue weighted by Gasteiger charge is -2.16. The molecule has 0 aliphatic heterocycles. The topological polar surface area (TPSA) is 37.3 Å². The largest absolute Gasteiger partial charge is 0.481 e. The van der Waals surface area contributed by atoms with Crippen molar-refractivity contribution in [3.63, 3.8) is 0 Å². The van der Waals surface area contributed by atoms with Crippen LogP contribution in [-0.2, 0) is 11.2 Å². The third-order valence-corrected chi connectivity index (χ3v) is 3.55. The molecule has 1 aromatic carbocycles. The molecule has 1 atom stereocenters. The molecule has 2 nitrogen and oxygen atoms in total. The average molecular weight is 244 g/mol. The normalized spacial score (nSPS) is 17.2. The molecule has 0 bridgehead atoms. The summed E-state index contributed by atoms with van der Waals surface area (Å²) in [5, 5.41) is 9.32. The molecular formula is C16H20O2. The van der Waals surface area contributed by atoms with Crippen LogP contribution in [0.2, 0.25) is 0 Å². The highest BCUT2D eigenvalue weighted by Gasteiger charge is 2.17. The first-order valence-electron chi connectivity index (χ1n) is 6.72. The summed E-state index contributed by atoms with van der Waals surface area (Å²) in [7, 11) is 0. The first kappa shape index (κ1) is 12.9. The Kier molecular flexibility index (Phi) is 4.57. The first-order valence-corrected chi connectivity index (χ1v) is 6.72. The van der Waals surface area contributed by atoms with Crippen molar-refractivity contribution >= 4 is 5.97 Å². The van der Waals surface area contributed by atoms with E-state index in [0.717, 1.165) is 18.4 Å². The Hall–Kier alpha value is -1.57. The number of benzene rings is 1. The molecule has 1 saturated carbocycles. The lowest BCUT2D eigenvalue weighted by atomic mass is 9.90. The number of rotatable bonds is 4. The van der Waals surface area contributed by atoms with E-state index in [1.165, 1.54) is 24.8 Å². The molecule has 1 aliphatic rings. The van der Waals surface area contributed by atoms with Crippen molar-refractivity contribution in [2.24, 2.45) is 5.92 Å². The van der Waals surface area contributed by atoms with Gasteiger partial charge in [-0.25, -0.2) is 0 Å². The van der Waals surface area contributed by atoms with Crippen LogP contribution in [0.5, 0.6) is 0 Å². The molecule has 0 aromatic heterocycles. The van der Waals surface area contributed by atoms with Crippen LogP contribution in [0.4, 0.5) is 0 Å². The Labute approximate surface area is 108 Å². The SMILES string of the molecule is O=C(O)[C@@H](C=C1CCCCC1)Cc1ccccc1. The molecule has 2 heteroatoms. The van der Waals surface area contributed by atoms with Crippen molar-refractivity contribution in [3.05, 3.63) is 47.5 Å². The van der Waals surface area contributed by atoms with Gasteiger partial charge in [-0.2, -0.15) is 0 Å². The van der Waals surface area contributed by atoms with E-state index in [9.17, 15) is 9.90 Å². The van der Waals surface area contributed by atoms with Gasteiger partial charge in [-0.3, -0.25) is 4.79 Å². The Morgan fingerprint density at radius 3 is 2.44 bits per heavy atom. The monoisotopic (exact) mass is 244 g/mol. The maximum atomic E-state index is 11.3. The summed E-state index contributed by atoms with van der Waals surface area (Å²) in [6.45, 7) is 0. The average Bonchev–Trinajstić information content (AvgIpc) is 2.40. The molecular weight excluding hydrogens is 224 g/mol. The van der Waals surface area contributed by atoms with Crippen LogP contribution in [0.25, 0.3) is 0 Å². The third kappa shape index (κ3) is 3.73. The van der Waals surface area contributed by atoms with Gasteiger partial charge in [-0.15, -0.1) is 0 Å². The fourth-order valence-corrected chi connectivity index (χ4v) is 2.54. The van der Waals surface area contributed by atoms with E-state index in [1.807, 2.05) is 36.4 Å². The molecule has 0 saturated heterocycles. The quantitative estimate of drug-likeness (QED) is 0.817. The van der Waals surface area contributed by atoms with Gasteiger partial charge in [-0.05, 0) is 37.7 Å². The highest BCUT2D eigenvalue weighted by molar-refractivity contribution is 5.72. The van der Waals surface area contributed by atoms with Crippen molar-refractivity contribution in [1.29, 1.82) is 0 Å². The van der Waals surface area contributed by atoms with Crippen LogP contribution in [-0.4, -0.2) is 11.1 Å². The van der Waals surface area contributed by atoms with Gasteiger partial charge in [0.1, 0.15) is 0 Å². The maximum absolute atomic E-state index is 11.3. The van der Waals surface area contributed by atoms with Gasteiger partial charge in [0.2, 0.25) is 0 Å². The minimum absolute atomic E-state index is 0.375. The lowest BCUT2D eigenvalue weighted by molar-refractivity contribution is -0.140. The molecule has 0 radical (unpaired) electrons. The second-order valence-electron chi connectivity index (χ2n) is 5.02. The van der Waals surface area contributed by atoms with Crippen LogP contribution in [0.1, 0.15) is 37.7 Å². The van der Waals surface area contributed by atoms with Crippen molar-refractivity contribution in [2.75, 3.05) is 0 Å². The molecule has 1 aliphatic carbocycles. The van der Waals surface area contributed by atoms with Crippen molar-refractivity contribution in [3.8, 4) is 0 Å². The Bertz CT molecular complexity index is 412. The smallest absolute Gasteiger partial charge is 0.310 e. The summed E-state index contributed by atoms with van der Waals surface area (Å²) in [6, 6.07) is 9.87. The molecule has 96 valence electrons. The molecule has 0 heterocycles. The summed E-state index contributed by atoms with van der Waals surface area (Å²) >= 11 is 0. The number of carboxylic acid groups (broad SMARTS) is 1. The Balaban J connectivity index is 2.06. The highest BCUT2D eigenvalue weighted by atomic mass is 16.4. The van der Waals surface area contributed by atoms with Crippen LogP contribution in [0.3, 0.4) is 0 Å². The second kappa shape index (κ2) is 6.39. The minimum Gasteiger partial charge on any atom is -0.481 e. The van der Waals surface area contributed by atoms with Crippen molar-refractivity contribution in [2.45, 2.75) is 38.5 Å². The predicted molar refractivity (Wildman–Crippen MR) is 72.4 cm³/mol. The van der Waals surface area contributed by atoms with Crippen molar-refractivity contribution < 1.29 is 9.90 Å². The van der Waals surface area contributed by atoms with E-state index in [-0.39, 0.29) is 5.92 Å². The van der Waals surface area contributed by atoms with E-state index in [4.69, 9.17) is 0 Å². The number of allylic oxidation sites excluding steroid dienone is 1. The summed E-state index contributed by atoms with van der Waals surface area (Å²) in [4.78, 5) is 11.3. The molecule has 1 aromatic rings. The number of hydrogen-bond acceptors (Lipinski definition) is 1. The zero-order valence-corrected chi connectivity index (χ0v) is 10.6. The minimum atomic E-state index is -0.711. The van der Waals surface area contributed by atoms with Gasteiger partial charge in [0, 0.05) is 0 Å². The second-order valence-corrected chi connectivity index (χ2v) is 5.02. The van der Waals surface area contributed by atoms with Gasteiger partial charge in [0.05, 0.1) is 5.92 Å². The molecule has 0 unspecified atom stereocenters. The number of carbonyl (C=O) groups is 1. The Morgan fingerprint density at radius 1 is 1.17 bits per heavy atom. The molecule has 0 spiro atoms. The van der Waals surface area contributed by atoms with Gasteiger partial charge in [-0.1, -0.05) is 48.4 Å². The summed E-state index contributed by atoms with van der Waals surface area (Å²) in [6.07, 6.45) is 8.46. The fourth-order valence-electron chi connectivity index (χ4n) is 2.54. The number of hydrogen-bond donors (Lipinski definition) is 1. The molecule has 1 N–H and O–H groups in total. The first-order chi connectivity index (χ1) is 8.75. The zero-order valence-electron chi connectivity index (χ0n) is 10.6. The van der Waals surface area contributed by atoms with E-state index in [1.54, 1.807) is 0 Å².